The average molecular weight is 240 g/mol. The van der Waals surface area contributed by atoms with Crippen LogP contribution >= 0.6 is 11.8 Å². The molecule has 0 radical (unpaired) electrons. The van der Waals surface area contributed by atoms with Crippen LogP contribution in [0, 0.1) is 6.92 Å². The van der Waals surface area contributed by atoms with Gasteiger partial charge in [-0.2, -0.15) is 4.98 Å². The van der Waals surface area contributed by atoms with Gasteiger partial charge < -0.3 is 10.1 Å². The Labute approximate surface area is 96.3 Å². The number of aromatic carboxylic acids is 1. The van der Waals surface area contributed by atoms with Crippen LogP contribution in [-0.2, 0) is 0 Å². The molecular weight excluding hydrogens is 228 g/mol. The molecule has 16 heavy (non-hydrogen) atoms. The molecule has 2 rings (SSSR count). The maximum absolute atomic E-state index is 11.2. The summed E-state index contributed by atoms with van der Waals surface area (Å²) in [6, 6.07) is 0. The first-order valence-corrected chi connectivity index (χ1v) is 5.97. The van der Waals surface area contributed by atoms with Crippen molar-refractivity contribution < 1.29 is 9.90 Å². The zero-order chi connectivity index (χ0) is 11.7. The second kappa shape index (κ2) is 4.29. The summed E-state index contributed by atoms with van der Waals surface area (Å²) in [6.07, 6.45) is 3.30. The Morgan fingerprint density at radius 3 is 2.75 bits per heavy atom. The van der Waals surface area contributed by atoms with Crippen LogP contribution in [0.1, 0.15) is 35.3 Å². The highest BCUT2D eigenvalue weighted by atomic mass is 32.2. The van der Waals surface area contributed by atoms with E-state index in [0.717, 1.165) is 12.8 Å². The number of nitrogens with one attached hydrogen (secondary N) is 1. The molecule has 1 saturated carbocycles. The highest BCUT2D eigenvalue weighted by Gasteiger charge is 2.24. The number of H-pyrrole nitrogens is 1. The van der Waals surface area contributed by atoms with E-state index in [1.54, 1.807) is 6.92 Å². The van der Waals surface area contributed by atoms with Gasteiger partial charge in [-0.05, 0) is 19.8 Å². The molecule has 0 saturated heterocycles. The summed E-state index contributed by atoms with van der Waals surface area (Å²) in [7, 11) is 0. The maximum atomic E-state index is 11.2. The molecule has 1 aromatic rings. The number of carbonyl (C=O) groups is 1. The summed E-state index contributed by atoms with van der Waals surface area (Å²) >= 11 is 1.40. The Morgan fingerprint density at radius 1 is 1.56 bits per heavy atom. The fourth-order valence-corrected chi connectivity index (χ4v) is 2.92. The Hall–Kier alpha value is -1.30. The molecule has 0 aromatic carbocycles. The number of aromatic nitrogens is 2. The lowest BCUT2D eigenvalue weighted by atomic mass is 10.0. The number of hydrogen-bond acceptors (Lipinski definition) is 4. The number of nitrogens with zero attached hydrogens (tertiary/aromatic N) is 1. The fraction of sp³-hybridized carbons (Fsp3) is 0.500. The number of hydrogen-bond donors (Lipinski definition) is 2. The second-order valence-electron chi connectivity index (χ2n) is 3.82. The van der Waals surface area contributed by atoms with Crippen LogP contribution in [-0.4, -0.2) is 26.3 Å². The van der Waals surface area contributed by atoms with Gasteiger partial charge in [0.05, 0.1) is 0 Å². The van der Waals surface area contributed by atoms with E-state index in [-0.39, 0.29) is 5.56 Å². The predicted octanol–water partition coefficient (Wildman–Crippen LogP) is 1.42. The summed E-state index contributed by atoms with van der Waals surface area (Å²) in [5, 5.41) is 9.82. The minimum absolute atomic E-state index is 0.122. The fourth-order valence-electron chi connectivity index (χ4n) is 1.54. The molecule has 0 atom stereocenters. The monoisotopic (exact) mass is 240 g/mol. The van der Waals surface area contributed by atoms with Gasteiger partial charge in [-0.25, -0.2) is 9.59 Å². The number of rotatable bonds is 3. The Balaban J connectivity index is 2.39. The highest BCUT2D eigenvalue weighted by molar-refractivity contribution is 8.00. The van der Waals surface area contributed by atoms with Crippen molar-refractivity contribution in [3.8, 4) is 0 Å². The van der Waals surface area contributed by atoms with E-state index >= 15 is 0 Å². The third kappa shape index (κ3) is 2.11. The first-order valence-electron chi connectivity index (χ1n) is 5.09. The molecule has 1 aliphatic rings. The highest BCUT2D eigenvalue weighted by Crippen LogP contribution is 2.36. The lowest BCUT2D eigenvalue weighted by molar-refractivity contribution is 0.0690. The van der Waals surface area contributed by atoms with Crippen LogP contribution < -0.4 is 5.69 Å². The van der Waals surface area contributed by atoms with Gasteiger partial charge in [0.15, 0.2) is 0 Å². The number of aryl methyl sites for hydroxylation is 1. The number of thioether (sulfide) groups is 1. The van der Waals surface area contributed by atoms with Crippen LogP contribution in [0.2, 0.25) is 0 Å². The first kappa shape index (κ1) is 11.2. The molecule has 0 spiro atoms. The Kier molecular flexibility index (Phi) is 3.00. The van der Waals surface area contributed by atoms with E-state index in [2.05, 4.69) is 9.97 Å². The van der Waals surface area contributed by atoms with Crippen molar-refractivity contribution in [2.45, 2.75) is 36.5 Å². The van der Waals surface area contributed by atoms with E-state index in [9.17, 15) is 9.59 Å². The minimum Gasteiger partial charge on any atom is -0.478 e. The smallest absolute Gasteiger partial charge is 0.346 e. The molecule has 86 valence electrons. The van der Waals surface area contributed by atoms with Gasteiger partial charge in [-0.1, -0.05) is 6.42 Å². The lowest BCUT2D eigenvalue weighted by Crippen LogP contribution is -2.21. The van der Waals surface area contributed by atoms with Crippen LogP contribution in [0.4, 0.5) is 0 Å². The van der Waals surface area contributed by atoms with Gasteiger partial charge in [0, 0.05) is 10.9 Å². The van der Waals surface area contributed by atoms with Crippen LogP contribution in [0.25, 0.3) is 0 Å². The zero-order valence-electron chi connectivity index (χ0n) is 8.82. The molecule has 1 aliphatic carbocycles. The maximum Gasteiger partial charge on any atom is 0.346 e. The van der Waals surface area contributed by atoms with Crippen molar-refractivity contribution in [2.75, 3.05) is 0 Å². The largest absolute Gasteiger partial charge is 0.478 e. The summed E-state index contributed by atoms with van der Waals surface area (Å²) in [5.41, 5.74) is 0.00940. The lowest BCUT2D eigenvalue weighted by Gasteiger charge is -2.24. The van der Waals surface area contributed by atoms with Gasteiger partial charge in [0.25, 0.3) is 0 Å². The minimum atomic E-state index is -1.04. The number of carboxylic acid groups (broad SMARTS) is 1. The van der Waals surface area contributed by atoms with E-state index in [4.69, 9.17) is 5.11 Å². The van der Waals surface area contributed by atoms with Crippen molar-refractivity contribution in [3.05, 3.63) is 21.7 Å². The van der Waals surface area contributed by atoms with Crippen LogP contribution in [0.3, 0.4) is 0 Å². The zero-order valence-corrected chi connectivity index (χ0v) is 9.63. The van der Waals surface area contributed by atoms with Gasteiger partial charge in [-0.15, -0.1) is 11.8 Å². The van der Waals surface area contributed by atoms with Gasteiger partial charge in [0.2, 0.25) is 0 Å². The third-order valence-electron chi connectivity index (χ3n) is 2.63. The van der Waals surface area contributed by atoms with E-state index < -0.39 is 11.7 Å². The van der Waals surface area contributed by atoms with Crippen molar-refractivity contribution in [3.63, 3.8) is 0 Å². The van der Waals surface area contributed by atoms with Gasteiger partial charge in [-0.3, -0.25) is 0 Å². The molecule has 0 bridgehead atoms. The van der Waals surface area contributed by atoms with Crippen molar-refractivity contribution in [1.82, 2.24) is 9.97 Å². The number of aromatic amines is 1. The molecule has 0 unspecified atom stereocenters. The summed E-state index contributed by atoms with van der Waals surface area (Å²) in [6.45, 7) is 1.58. The van der Waals surface area contributed by atoms with Crippen LogP contribution in [0.5, 0.6) is 0 Å². The SMILES string of the molecule is Cc1[nH]c(=O)nc(SC2CCC2)c1C(=O)O. The summed E-state index contributed by atoms with van der Waals surface area (Å²) in [4.78, 5) is 28.4. The molecule has 1 aromatic heterocycles. The third-order valence-corrected chi connectivity index (χ3v) is 3.95. The average Bonchev–Trinajstić information content (AvgIpc) is 2.09. The van der Waals surface area contributed by atoms with Crippen molar-refractivity contribution >= 4 is 17.7 Å². The van der Waals surface area contributed by atoms with Crippen LogP contribution in [0.15, 0.2) is 9.82 Å². The van der Waals surface area contributed by atoms with E-state index in [1.807, 2.05) is 0 Å². The molecule has 1 fully saturated rings. The quantitative estimate of drug-likeness (QED) is 0.781. The van der Waals surface area contributed by atoms with Gasteiger partial charge in [0.1, 0.15) is 10.6 Å². The van der Waals surface area contributed by atoms with Gasteiger partial charge >= 0.3 is 11.7 Å². The van der Waals surface area contributed by atoms with Crippen molar-refractivity contribution in [1.29, 1.82) is 0 Å². The number of carboxylic acids is 1. The Morgan fingerprint density at radius 2 is 2.25 bits per heavy atom. The molecule has 5 nitrogen and oxygen atoms in total. The molecule has 2 N–H and O–H groups in total. The topological polar surface area (TPSA) is 83.0 Å². The molecular formula is C10H12N2O3S. The summed E-state index contributed by atoms with van der Waals surface area (Å²) in [5.74, 6) is -1.04. The molecule has 6 heteroatoms. The first-order chi connectivity index (χ1) is 7.58. The molecule has 0 amide bonds. The van der Waals surface area contributed by atoms with E-state index in [0.29, 0.717) is 16.0 Å². The second-order valence-corrected chi connectivity index (χ2v) is 5.11. The normalized spacial score (nSPS) is 15.8. The molecule has 0 aliphatic heterocycles. The Bertz CT molecular complexity index is 479. The molecule has 1 heterocycles. The van der Waals surface area contributed by atoms with Crippen molar-refractivity contribution in [2.24, 2.45) is 0 Å². The summed E-state index contributed by atoms with van der Waals surface area (Å²) < 4.78 is 0. The standard InChI is InChI=1S/C10H12N2O3S/c1-5-7(9(13)14)8(12-10(15)11-5)16-6-3-2-4-6/h6H,2-4H2,1H3,(H,13,14)(H,11,12,15). The van der Waals surface area contributed by atoms with E-state index in [1.165, 1.54) is 18.2 Å². The predicted molar refractivity (Wildman–Crippen MR) is 60.1 cm³/mol.